The molecule has 3 aromatic rings. The second kappa shape index (κ2) is 12.3. The highest BCUT2D eigenvalue weighted by atomic mass is 19.1. The van der Waals surface area contributed by atoms with Gasteiger partial charge in [0.2, 0.25) is 5.95 Å². The van der Waals surface area contributed by atoms with E-state index in [4.69, 9.17) is 9.47 Å². The van der Waals surface area contributed by atoms with Crippen LogP contribution in [0.15, 0.2) is 79.0 Å². The first-order valence-electron chi connectivity index (χ1n) is 10.4. The largest absolute Gasteiger partial charge is 0.459 e. The van der Waals surface area contributed by atoms with Crippen LogP contribution in [0.1, 0.15) is 34.3 Å². The highest BCUT2D eigenvalue weighted by Crippen LogP contribution is 2.08. The van der Waals surface area contributed by atoms with Crippen molar-refractivity contribution < 1.29 is 23.5 Å². The summed E-state index contributed by atoms with van der Waals surface area (Å²) in [5, 5.41) is 2.67. The maximum absolute atomic E-state index is 13.0. The average molecular weight is 436 g/mol. The summed E-state index contributed by atoms with van der Waals surface area (Å²) in [6.07, 6.45) is 2.00. The van der Waals surface area contributed by atoms with Crippen molar-refractivity contribution in [1.29, 1.82) is 0 Å². The zero-order valence-corrected chi connectivity index (χ0v) is 17.6. The number of carbonyl (C=O) groups is 2. The van der Waals surface area contributed by atoms with Crippen LogP contribution in [-0.4, -0.2) is 29.5 Å². The van der Waals surface area contributed by atoms with Gasteiger partial charge in [-0.15, -0.1) is 0 Å². The van der Waals surface area contributed by atoms with Gasteiger partial charge in [0.25, 0.3) is 5.91 Å². The fraction of sp³-hybridized carbons (Fsp3) is 0.240. The predicted octanol–water partition coefficient (Wildman–Crippen LogP) is 4.06. The molecule has 0 aliphatic carbocycles. The molecule has 0 saturated heterocycles. The Morgan fingerprint density at radius 1 is 0.906 bits per heavy atom. The van der Waals surface area contributed by atoms with E-state index in [9.17, 15) is 14.0 Å². The second-order valence-corrected chi connectivity index (χ2v) is 7.17. The third-order valence-electron chi connectivity index (χ3n) is 4.70. The second-order valence-electron chi connectivity index (χ2n) is 7.17. The van der Waals surface area contributed by atoms with E-state index in [-0.39, 0.29) is 12.2 Å². The standard InChI is InChI=1S/C25H25FN2O4/c26-23-14-13-21(16-27-23)24(29)28-22(25(30)32-18-20-10-5-2-6-11-20)12-7-15-31-17-19-8-3-1-4-9-19/h1-6,8-11,13-14,16,22H,7,12,15,17-18H2,(H,28,29). The van der Waals surface area contributed by atoms with Crippen molar-refractivity contribution in [1.82, 2.24) is 10.3 Å². The van der Waals surface area contributed by atoms with E-state index in [0.29, 0.717) is 26.1 Å². The summed E-state index contributed by atoms with van der Waals surface area (Å²) in [5.41, 5.74) is 2.07. The van der Waals surface area contributed by atoms with Gasteiger partial charge in [-0.3, -0.25) is 4.79 Å². The smallest absolute Gasteiger partial charge is 0.328 e. The molecule has 2 aromatic carbocycles. The van der Waals surface area contributed by atoms with Gasteiger partial charge in [-0.2, -0.15) is 4.39 Å². The molecule has 1 unspecified atom stereocenters. The number of pyridine rings is 1. The summed E-state index contributed by atoms with van der Waals surface area (Å²) in [7, 11) is 0. The van der Waals surface area contributed by atoms with E-state index in [1.54, 1.807) is 0 Å². The quantitative estimate of drug-likeness (QED) is 0.279. The summed E-state index contributed by atoms with van der Waals surface area (Å²) in [4.78, 5) is 28.7. The Labute approximate surface area is 186 Å². The lowest BCUT2D eigenvalue weighted by molar-refractivity contribution is -0.147. The molecule has 6 nitrogen and oxygen atoms in total. The van der Waals surface area contributed by atoms with E-state index in [1.165, 1.54) is 6.07 Å². The molecule has 1 aromatic heterocycles. The minimum absolute atomic E-state index is 0.106. The van der Waals surface area contributed by atoms with Crippen LogP contribution in [-0.2, 0) is 27.5 Å². The number of nitrogens with one attached hydrogen (secondary N) is 1. The van der Waals surface area contributed by atoms with Crippen LogP contribution < -0.4 is 5.32 Å². The first-order valence-corrected chi connectivity index (χ1v) is 10.4. The van der Waals surface area contributed by atoms with E-state index < -0.39 is 23.9 Å². The zero-order chi connectivity index (χ0) is 22.6. The highest BCUT2D eigenvalue weighted by Gasteiger charge is 2.23. The van der Waals surface area contributed by atoms with E-state index >= 15 is 0 Å². The first-order chi connectivity index (χ1) is 15.6. The van der Waals surface area contributed by atoms with Crippen LogP contribution in [0.4, 0.5) is 4.39 Å². The lowest BCUT2D eigenvalue weighted by Gasteiger charge is -2.18. The average Bonchev–Trinajstić information content (AvgIpc) is 2.83. The van der Waals surface area contributed by atoms with Gasteiger partial charge in [0.1, 0.15) is 12.6 Å². The summed E-state index contributed by atoms with van der Waals surface area (Å²) < 4.78 is 24.1. The molecular formula is C25H25FN2O4. The molecule has 1 amide bonds. The SMILES string of the molecule is O=C(NC(CCCOCc1ccccc1)C(=O)OCc1ccccc1)c1ccc(F)nc1. The van der Waals surface area contributed by atoms with Gasteiger partial charge in [-0.05, 0) is 36.1 Å². The Morgan fingerprint density at radius 2 is 1.56 bits per heavy atom. The van der Waals surface area contributed by atoms with E-state index in [1.807, 2.05) is 60.7 Å². The van der Waals surface area contributed by atoms with Crippen LogP contribution in [0.3, 0.4) is 0 Å². The highest BCUT2D eigenvalue weighted by molar-refractivity contribution is 5.96. The molecule has 0 bridgehead atoms. The van der Waals surface area contributed by atoms with Gasteiger partial charge in [0.15, 0.2) is 0 Å². The minimum Gasteiger partial charge on any atom is -0.459 e. The predicted molar refractivity (Wildman–Crippen MR) is 117 cm³/mol. The fourth-order valence-electron chi connectivity index (χ4n) is 2.98. The van der Waals surface area contributed by atoms with Crippen molar-refractivity contribution >= 4 is 11.9 Å². The van der Waals surface area contributed by atoms with Crippen molar-refractivity contribution in [2.24, 2.45) is 0 Å². The summed E-state index contributed by atoms with van der Waals surface area (Å²) in [6.45, 7) is 0.998. The van der Waals surface area contributed by atoms with Crippen LogP contribution in [0.2, 0.25) is 0 Å². The van der Waals surface area contributed by atoms with Crippen molar-refractivity contribution in [2.75, 3.05) is 6.61 Å². The van der Waals surface area contributed by atoms with E-state index in [0.717, 1.165) is 23.4 Å². The van der Waals surface area contributed by atoms with Crippen LogP contribution >= 0.6 is 0 Å². The molecule has 0 radical (unpaired) electrons. The molecule has 1 heterocycles. The maximum atomic E-state index is 13.0. The normalized spacial score (nSPS) is 11.5. The summed E-state index contributed by atoms with van der Waals surface area (Å²) in [6, 6.07) is 20.6. The molecule has 0 fully saturated rings. The Kier molecular flexibility index (Phi) is 8.89. The first kappa shape index (κ1) is 23.1. The van der Waals surface area contributed by atoms with Gasteiger partial charge >= 0.3 is 5.97 Å². The van der Waals surface area contributed by atoms with Crippen LogP contribution in [0, 0.1) is 5.95 Å². The number of nitrogens with zero attached hydrogens (tertiary/aromatic N) is 1. The van der Waals surface area contributed by atoms with E-state index in [2.05, 4.69) is 10.3 Å². The van der Waals surface area contributed by atoms with Crippen molar-refractivity contribution in [3.05, 3.63) is 102 Å². The Balaban J connectivity index is 1.54. The fourth-order valence-corrected chi connectivity index (χ4v) is 2.98. The van der Waals surface area contributed by atoms with Gasteiger partial charge < -0.3 is 14.8 Å². The topological polar surface area (TPSA) is 77.5 Å². The number of amides is 1. The maximum Gasteiger partial charge on any atom is 0.328 e. The van der Waals surface area contributed by atoms with Crippen LogP contribution in [0.25, 0.3) is 0 Å². The number of aromatic nitrogens is 1. The number of benzene rings is 2. The molecule has 0 aliphatic heterocycles. The third-order valence-corrected chi connectivity index (χ3v) is 4.70. The molecule has 32 heavy (non-hydrogen) atoms. The number of rotatable bonds is 11. The molecule has 1 N–H and O–H groups in total. The van der Waals surface area contributed by atoms with Crippen molar-refractivity contribution in [2.45, 2.75) is 32.1 Å². The number of hydrogen-bond donors (Lipinski definition) is 1. The number of hydrogen-bond acceptors (Lipinski definition) is 5. The lowest BCUT2D eigenvalue weighted by Crippen LogP contribution is -2.42. The lowest BCUT2D eigenvalue weighted by atomic mass is 10.1. The molecule has 0 saturated carbocycles. The minimum atomic E-state index is -0.864. The van der Waals surface area contributed by atoms with Gasteiger partial charge in [-0.25, -0.2) is 9.78 Å². The zero-order valence-electron chi connectivity index (χ0n) is 17.6. The molecule has 0 aliphatic rings. The molecule has 3 rings (SSSR count). The van der Waals surface area contributed by atoms with Crippen molar-refractivity contribution in [3.63, 3.8) is 0 Å². The third kappa shape index (κ3) is 7.59. The summed E-state index contributed by atoms with van der Waals surface area (Å²) in [5.74, 6) is -1.75. The Hall–Kier alpha value is -3.58. The number of ether oxygens (including phenoxy) is 2. The molecule has 1 atom stereocenters. The molecule has 166 valence electrons. The number of halogens is 1. The number of esters is 1. The molecular weight excluding hydrogens is 411 g/mol. The van der Waals surface area contributed by atoms with Gasteiger partial charge in [0.05, 0.1) is 12.2 Å². The monoisotopic (exact) mass is 436 g/mol. The number of carbonyl (C=O) groups excluding carboxylic acids is 2. The molecule has 0 spiro atoms. The van der Waals surface area contributed by atoms with Crippen LogP contribution in [0.5, 0.6) is 0 Å². The Morgan fingerprint density at radius 3 is 2.19 bits per heavy atom. The summed E-state index contributed by atoms with van der Waals surface area (Å²) >= 11 is 0. The van der Waals surface area contributed by atoms with Crippen molar-refractivity contribution in [3.8, 4) is 0 Å². The molecule has 7 heteroatoms. The van der Waals surface area contributed by atoms with Gasteiger partial charge in [-0.1, -0.05) is 60.7 Å². The Bertz CT molecular complexity index is 982. The van der Waals surface area contributed by atoms with Gasteiger partial charge in [0, 0.05) is 12.8 Å².